The van der Waals surface area contributed by atoms with E-state index < -0.39 is 0 Å². The van der Waals surface area contributed by atoms with E-state index in [0.29, 0.717) is 30.2 Å². The van der Waals surface area contributed by atoms with E-state index in [0.717, 1.165) is 25.4 Å². The zero-order chi connectivity index (χ0) is 22.5. The molecule has 0 saturated carbocycles. The molecule has 2 heterocycles. The van der Waals surface area contributed by atoms with Gasteiger partial charge >= 0.3 is 0 Å². The highest BCUT2D eigenvalue weighted by Crippen LogP contribution is 2.21. The average molecular weight is 439 g/mol. The molecule has 1 amide bonds. The Balaban J connectivity index is 1.36. The van der Waals surface area contributed by atoms with Gasteiger partial charge in [0.1, 0.15) is 29.7 Å². The van der Waals surface area contributed by atoms with Gasteiger partial charge in [0.2, 0.25) is 0 Å². The number of carbonyl (C=O) groups is 1. The number of carbonyl (C=O) groups excluding carboxylic acids is 1. The second kappa shape index (κ2) is 9.82. The van der Waals surface area contributed by atoms with Crippen molar-refractivity contribution in [3.05, 3.63) is 76.9 Å². The van der Waals surface area contributed by atoms with Gasteiger partial charge in [-0.3, -0.25) is 9.69 Å². The van der Waals surface area contributed by atoms with Crippen LogP contribution in [-0.4, -0.2) is 54.2 Å². The molecule has 1 aliphatic heterocycles. The molecule has 0 atom stereocenters. The van der Waals surface area contributed by atoms with Gasteiger partial charge in [-0.2, -0.15) is 0 Å². The van der Waals surface area contributed by atoms with Gasteiger partial charge in [0.25, 0.3) is 5.91 Å². The molecule has 1 aliphatic rings. The predicted molar refractivity (Wildman–Crippen MR) is 116 cm³/mol. The fourth-order valence-electron chi connectivity index (χ4n) is 3.73. The molecule has 8 heteroatoms. The summed E-state index contributed by atoms with van der Waals surface area (Å²) < 4.78 is 29.6. The van der Waals surface area contributed by atoms with Crippen LogP contribution in [0.25, 0.3) is 0 Å². The van der Waals surface area contributed by atoms with Gasteiger partial charge in [-0.05, 0) is 36.8 Å². The van der Waals surface area contributed by atoms with Crippen LogP contribution in [0.2, 0.25) is 0 Å². The lowest BCUT2D eigenvalue weighted by Crippen LogP contribution is -2.48. The molecule has 0 bridgehead atoms. The molecule has 0 spiro atoms. The van der Waals surface area contributed by atoms with E-state index in [1.165, 1.54) is 17.7 Å². The number of amides is 1. The van der Waals surface area contributed by atoms with Crippen LogP contribution in [0.5, 0.6) is 11.5 Å². The van der Waals surface area contributed by atoms with E-state index in [2.05, 4.69) is 16.1 Å². The van der Waals surface area contributed by atoms with E-state index in [-0.39, 0.29) is 24.0 Å². The first-order chi connectivity index (χ1) is 15.5. The van der Waals surface area contributed by atoms with Crippen LogP contribution in [0.1, 0.15) is 27.4 Å². The maximum absolute atomic E-state index is 13.4. The van der Waals surface area contributed by atoms with Gasteiger partial charge < -0.3 is 18.9 Å². The first kappa shape index (κ1) is 21.8. The van der Waals surface area contributed by atoms with E-state index >= 15 is 0 Å². The monoisotopic (exact) mass is 439 g/mol. The molecule has 168 valence electrons. The molecule has 0 aliphatic carbocycles. The van der Waals surface area contributed by atoms with Gasteiger partial charge in [0, 0.05) is 38.8 Å². The second-order valence-electron chi connectivity index (χ2n) is 7.73. The third-order valence-corrected chi connectivity index (χ3v) is 5.57. The summed E-state index contributed by atoms with van der Waals surface area (Å²) in [7, 11) is 1.66. The summed E-state index contributed by atoms with van der Waals surface area (Å²) in [6.07, 6.45) is 0. The van der Waals surface area contributed by atoms with Crippen LogP contribution in [0, 0.1) is 12.7 Å². The highest BCUT2D eigenvalue weighted by atomic mass is 19.1. The summed E-state index contributed by atoms with van der Waals surface area (Å²) in [5.41, 5.74) is 2.01. The number of methoxy groups -OCH3 is 1. The fraction of sp³-hybridized carbons (Fsp3) is 0.333. The van der Waals surface area contributed by atoms with Gasteiger partial charge in [0.15, 0.2) is 5.69 Å². The number of aryl methyl sites for hydroxylation is 1. The van der Waals surface area contributed by atoms with Crippen molar-refractivity contribution < 1.29 is 23.2 Å². The number of rotatable bonds is 7. The van der Waals surface area contributed by atoms with Crippen molar-refractivity contribution in [1.82, 2.24) is 15.0 Å². The zero-order valence-corrected chi connectivity index (χ0v) is 18.2. The second-order valence-corrected chi connectivity index (χ2v) is 7.73. The van der Waals surface area contributed by atoms with E-state index in [9.17, 15) is 9.18 Å². The minimum Gasteiger partial charge on any atom is -0.497 e. The van der Waals surface area contributed by atoms with Gasteiger partial charge in [-0.25, -0.2) is 4.39 Å². The molecule has 1 aromatic heterocycles. The van der Waals surface area contributed by atoms with E-state index in [1.807, 2.05) is 18.2 Å². The molecule has 1 fully saturated rings. The lowest BCUT2D eigenvalue weighted by molar-refractivity contribution is 0.0616. The number of nitrogens with zero attached hydrogens (tertiary/aromatic N) is 3. The highest BCUT2D eigenvalue weighted by molar-refractivity contribution is 5.93. The molecule has 7 nitrogen and oxygen atoms in total. The van der Waals surface area contributed by atoms with Crippen molar-refractivity contribution in [2.24, 2.45) is 0 Å². The van der Waals surface area contributed by atoms with Crippen molar-refractivity contribution in [3.63, 3.8) is 0 Å². The Morgan fingerprint density at radius 2 is 1.84 bits per heavy atom. The van der Waals surface area contributed by atoms with Crippen LogP contribution < -0.4 is 9.47 Å². The third-order valence-electron chi connectivity index (χ3n) is 5.57. The number of ether oxygens (including phenoxy) is 2. The number of halogens is 1. The lowest BCUT2D eigenvalue weighted by atomic mass is 10.1. The fourth-order valence-corrected chi connectivity index (χ4v) is 3.73. The van der Waals surface area contributed by atoms with Crippen LogP contribution in [-0.2, 0) is 13.2 Å². The smallest absolute Gasteiger partial charge is 0.276 e. The van der Waals surface area contributed by atoms with Crippen molar-refractivity contribution in [1.29, 1.82) is 0 Å². The number of benzene rings is 2. The first-order valence-corrected chi connectivity index (χ1v) is 10.5. The van der Waals surface area contributed by atoms with E-state index in [1.54, 1.807) is 31.1 Å². The van der Waals surface area contributed by atoms with Crippen molar-refractivity contribution in [3.8, 4) is 11.5 Å². The summed E-state index contributed by atoms with van der Waals surface area (Å²) in [6.45, 7) is 5.33. The minimum absolute atomic E-state index is 0.0790. The Bertz CT molecular complexity index is 1080. The Hall–Kier alpha value is -3.39. The summed E-state index contributed by atoms with van der Waals surface area (Å²) in [6, 6.07) is 13.9. The quantitative estimate of drug-likeness (QED) is 0.560. The number of hydrogen-bond donors (Lipinski definition) is 0. The van der Waals surface area contributed by atoms with Crippen LogP contribution in [0.4, 0.5) is 4.39 Å². The Labute approximate surface area is 186 Å². The molecular formula is C24H26FN3O4. The molecule has 32 heavy (non-hydrogen) atoms. The number of aromatic nitrogens is 1. The predicted octanol–water partition coefficient (Wildman–Crippen LogP) is 3.67. The number of piperazine rings is 1. The molecule has 3 aromatic rings. The largest absolute Gasteiger partial charge is 0.497 e. The molecular weight excluding hydrogens is 413 g/mol. The SMILES string of the molecule is COc1cccc(CN2CCN(C(=O)c3noc(C)c3COc3cccc(F)c3)CC2)c1. The summed E-state index contributed by atoms with van der Waals surface area (Å²) in [5.74, 6) is 1.18. The van der Waals surface area contributed by atoms with Gasteiger partial charge in [0.05, 0.1) is 12.7 Å². The molecule has 4 rings (SSSR count). The first-order valence-electron chi connectivity index (χ1n) is 10.5. The summed E-state index contributed by atoms with van der Waals surface area (Å²) >= 11 is 0. The Kier molecular flexibility index (Phi) is 6.70. The Morgan fingerprint density at radius 1 is 1.09 bits per heavy atom. The summed E-state index contributed by atoms with van der Waals surface area (Å²) in [5, 5.41) is 3.98. The highest BCUT2D eigenvalue weighted by Gasteiger charge is 2.28. The Morgan fingerprint density at radius 3 is 2.59 bits per heavy atom. The maximum atomic E-state index is 13.4. The third kappa shape index (κ3) is 5.08. The van der Waals surface area contributed by atoms with Gasteiger partial charge in [-0.1, -0.05) is 23.4 Å². The average Bonchev–Trinajstić information content (AvgIpc) is 3.18. The molecule has 0 unspecified atom stereocenters. The number of hydrogen-bond acceptors (Lipinski definition) is 6. The minimum atomic E-state index is -0.382. The molecule has 1 saturated heterocycles. The van der Waals surface area contributed by atoms with Crippen molar-refractivity contribution in [2.45, 2.75) is 20.1 Å². The molecule has 0 N–H and O–H groups in total. The normalized spacial score (nSPS) is 14.4. The molecule has 2 aromatic carbocycles. The van der Waals surface area contributed by atoms with Gasteiger partial charge in [-0.15, -0.1) is 0 Å². The van der Waals surface area contributed by atoms with Crippen LogP contribution in [0.3, 0.4) is 0 Å². The topological polar surface area (TPSA) is 68.0 Å². The van der Waals surface area contributed by atoms with Crippen LogP contribution in [0.15, 0.2) is 53.1 Å². The summed E-state index contributed by atoms with van der Waals surface area (Å²) in [4.78, 5) is 17.2. The maximum Gasteiger partial charge on any atom is 0.276 e. The van der Waals surface area contributed by atoms with Crippen molar-refractivity contribution in [2.75, 3.05) is 33.3 Å². The van der Waals surface area contributed by atoms with Crippen molar-refractivity contribution >= 4 is 5.91 Å². The van der Waals surface area contributed by atoms with Crippen LogP contribution >= 0.6 is 0 Å². The standard InChI is InChI=1S/C24H26FN3O4/c1-17-22(16-31-21-8-4-6-19(25)14-21)23(26-32-17)24(29)28-11-9-27(10-12-28)15-18-5-3-7-20(13-18)30-2/h3-8,13-14H,9-12,15-16H2,1-2H3. The molecule has 0 radical (unpaired) electrons. The zero-order valence-electron chi connectivity index (χ0n) is 18.2. The van der Waals surface area contributed by atoms with E-state index in [4.69, 9.17) is 14.0 Å². The lowest BCUT2D eigenvalue weighted by Gasteiger charge is -2.34.